The van der Waals surface area contributed by atoms with E-state index in [0.717, 1.165) is 0 Å². The Hall–Kier alpha value is -2.12. The highest BCUT2D eigenvalue weighted by Crippen LogP contribution is 2.16. The molecule has 0 spiro atoms. The molecule has 0 aromatic heterocycles. The summed E-state index contributed by atoms with van der Waals surface area (Å²) < 4.78 is 5.02. The fourth-order valence-electron chi connectivity index (χ4n) is 1.33. The standard InChI is InChI=1S/C12H17N3O4/c1-19-9-4-2-3-8(5-9)15-11(17)7-14-6-10(16)12(13)18/h2-5,10,14,16H,6-7H2,1H3,(H2,13,18)(H,15,17). The van der Waals surface area contributed by atoms with E-state index >= 15 is 0 Å². The fraction of sp³-hybridized carbons (Fsp3) is 0.333. The zero-order chi connectivity index (χ0) is 14.3. The Morgan fingerprint density at radius 2 is 2.21 bits per heavy atom. The molecule has 2 amide bonds. The Morgan fingerprint density at radius 3 is 2.84 bits per heavy atom. The third kappa shape index (κ3) is 5.36. The first kappa shape index (κ1) is 14.9. The number of aliphatic hydroxyl groups excluding tert-OH is 1. The Morgan fingerprint density at radius 1 is 1.47 bits per heavy atom. The van der Waals surface area contributed by atoms with E-state index in [9.17, 15) is 9.59 Å². The summed E-state index contributed by atoms with van der Waals surface area (Å²) in [5, 5.41) is 14.4. The number of methoxy groups -OCH3 is 1. The molecular formula is C12H17N3O4. The lowest BCUT2D eigenvalue weighted by Crippen LogP contribution is -2.40. The van der Waals surface area contributed by atoms with Crippen LogP contribution in [0.1, 0.15) is 0 Å². The third-order valence-electron chi connectivity index (χ3n) is 2.31. The maximum absolute atomic E-state index is 11.6. The van der Waals surface area contributed by atoms with Crippen molar-refractivity contribution < 1.29 is 19.4 Å². The number of ether oxygens (including phenoxy) is 1. The smallest absolute Gasteiger partial charge is 0.247 e. The van der Waals surface area contributed by atoms with Crippen LogP contribution in [0.15, 0.2) is 24.3 Å². The first-order valence-corrected chi connectivity index (χ1v) is 5.65. The molecule has 1 rings (SSSR count). The summed E-state index contributed by atoms with van der Waals surface area (Å²) in [4.78, 5) is 22.1. The van der Waals surface area contributed by atoms with E-state index in [4.69, 9.17) is 15.6 Å². The lowest BCUT2D eigenvalue weighted by molar-refractivity contribution is -0.126. The fourth-order valence-corrected chi connectivity index (χ4v) is 1.33. The van der Waals surface area contributed by atoms with Gasteiger partial charge in [-0.3, -0.25) is 9.59 Å². The molecule has 0 aliphatic carbocycles. The number of rotatable bonds is 7. The molecule has 0 saturated carbocycles. The topological polar surface area (TPSA) is 114 Å². The quantitative estimate of drug-likeness (QED) is 0.509. The highest BCUT2D eigenvalue weighted by molar-refractivity contribution is 5.92. The lowest BCUT2D eigenvalue weighted by atomic mass is 10.3. The Kier molecular flexibility index (Phi) is 5.77. The Balaban J connectivity index is 2.36. The van der Waals surface area contributed by atoms with E-state index in [-0.39, 0.29) is 19.0 Å². The number of anilines is 1. The number of carbonyl (C=O) groups is 2. The van der Waals surface area contributed by atoms with E-state index in [1.807, 2.05) is 0 Å². The average Bonchev–Trinajstić information content (AvgIpc) is 2.38. The first-order valence-electron chi connectivity index (χ1n) is 5.65. The number of amides is 2. The molecule has 0 heterocycles. The Labute approximate surface area is 110 Å². The van der Waals surface area contributed by atoms with Crippen LogP contribution in [0.2, 0.25) is 0 Å². The number of hydrogen-bond acceptors (Lipinski definition) is 5. The van der Waals surface area contributed by atoms with Crippen LogP contribution in [0, 0.1) is 0 Å². The number of carbonyl (C=O) groups excluding carboxylic acids is 2. The number of benzene rings is 1. The van der Waals surface area contributed by atoms with E-state index in [1.165, 1.54) is 7.11 Å². The van der Waals surface area contributed by atoms with Crippen LogP contribution in [0.25, 0.3) is 0 Å². The SMILES string of the molecule is COc1cccc(NC(=O)CNCC(O)C(N)=O)c1. The molecule has 0 bridgehead atoms. The second kappa shape index (κ2) is 7.34. The maximum Gasteiger partial charge on any atom is 0.247 e. The van der Waals surface area contributed by atoms with Gasteiger partial charge in [0, 0.05) is 18.3 Å². The van der Waals surface area contributed by atoms with Crippen LogP contribution in [0.3, 0.4) is 0 Å². The van der Waals surface area contributed by atoms with E-state index in [1.54, 1.807) is 24.3 Å². The van der Waals surface area contributed by atoms with Crippen molar-refractivity contribution in [1.82, 2.24) is 5.32 Å². The van der Waals surface area contributed by atoms with Gasteiger partial charge in [-0.25, -0.2) is 0 Å². The normalized spacial score (nSPS) is 11.7. The van der Waals surface area contributed by atoms with Crippen molar-refractivity contribution in [3.63, 3.8) is 0 Å². The van der Waals surface area contributed by atoms with Crippen LogP contribution in [-0.2, 0) is 9.59 Å². The summed E-state index contributed by atoms with van der Waals surface area (Å²) in [6.45, 7) is -0.109. The minimum atomic E-state index is -1.30. The molecule has 1 aromatic rings. The summed E-state index contributed by atoms with van der Waals surface area (Å²) in [5.74, 6) is -0.500. The lowest BCUT2D eigenvalue weighted by Gasteiger charge is -2.09. The largest absolute Gasteiger partial charge is 0.497 e. The summed E-state index contributed by atoms with van der Waals surface area (Å²) in [6, 6.07) is 6.91. The van der Waals surface area contributed by atoms with Gasteiger partial charge in [0.1, 0.15) is 11.9 Å². The molecular weight excluding hydrogens is 250 g/mol. The van der Waals surface area contributed by atoms with Gasteiger partial charge < -0.3 is 26.2 Å². The average molecular weight is 267 g/mol. The molecule has 1 atom stereocenters. The van der Waals surface area contributed by atoms with Crippen molar-refractivity contribution in [2.45, 2.75) is 6.10 Å². The van der Waals surface area contributed by atoms with Crippen LogP contribution in [-0.4, -0.2) is 43.2 Å². The molecule has 0 aliphatic heterocycles. The molecule has 104 valence electrons. The highest BCUT2D eigenvalue weighted by atomic mass is 16.5. The first-order chi connectivity index (χ1) is 9.02. The number of aliphatic hydroxyl groups is 1. The van der Waals surface area contributed by atoms with Gasteiger partial charge in [0.25, 0.3) is 0 Å². The van der Waals surface area contributed by atoms with Gasteiger partial charge in [-0.1, -0.05) is 6.07 Å². The van der Waals surface area contributed by atoms with E-state index in [2.05, 4.69) is 10.6 Å². The zero-order valence-electron chi connectivity index (χ0n) is 10.6. The molecule has 19 heavy (non-hydrogen) atoms. The molecule has 5 N–H and O–H groups in total. The monoisotopic (exact) mass is 267 g/mol. The van der Waals surface area contributed by atoms with Crippen LogP contribution >= 0.6 is 0 Å². The molecule has 1 unspecified atom stereocenters. The third-order valence-corrected chi connectivity index (χ3v) is 2.31. The van der Waals surface area contributed by atoms with Gasteiger partial charge in [-0.05, 0) is 12.1 Å². The molecule has 0 saturated heterocycles. The summed E-state index contributed by atoms with van der Waals surface area (Å²) in [6.07, 6.45) is -1.30. The van der Waals surface area contributed by atoms with Crippen molar-refractivity contribution in [2.24, 2.45) is 5.73 Å². The summed E-state index contributed by atoms with van der Waals surface area (Å²) in [7, 11) is 1.54. The van der Waals surface area contributed by atoms with Crippen LogP contribution in [0.5, 0.6) is 5.75 Å². The van der Waals surface area contributed by atoms with Crippen LogP contribution < -0.4 is 21.1 Å². The van der Waals surface area contributed by atoms with Crippen molar-refractivity contribution >= 4 is 17.5 Å². The molecule has 0 fully saturated rings. The van der Waals surface area contributed by atoms with Crippen molar-refractivity contribution in [2.75, 3.05) is 25.5 Å². The Bertz CT molecular complexity index is 450. The van der Waals surface area contributed by atoms with Gasteiger partial charge in [0.2, 0.25) is 11.8 Å². The van der Waals surface area contributed by atoms with Crippen molar-refractivity contribution in [1.29, 1.82) is 0 Å². The van der Waals surface area contributed by atoms with Gasteiger partial charge in [0.05, 0.1) is 13.7 Å². The molecule has 1 aromatic carbocycles. The number of nitrogens with one attached hydrogen (secondary N) is 2. The summed E-state index contributed by atoms with van der Waals surface area (Å²) >= 11 is 0. The minimum absolute atomic E-state index is 0.0401. The maximum atomic E-state index is 11.6. The highest BCUT2D eigenvalue weighted by Gasteiger charge is 2.10. The second-order valence-corrected chi connectivity index (χ2v) is 3.83. The number of hydrogen-bond donors (Lipinski definition) is 4. The van der Waals surface area contributed by atoms with Gasteiger partial charge in [-0.15, -0.1) is 0 Å². The molecule has 7 nitrogen and oxygen atoms in total. The molecule has 0 aliphatic rings. The zero-order valence-corrected chi connectivity index (χ0v) is 10.6. The minimum Gasteiger partial charge on any atom is -0.497 e. The van der Waals surface area contributed by atoms with Crippen molar-refractivity contribution in [3.8, 4) is 5.75 Å². The number of nitrogens with two attached hydrogens (primary N) is 1. The van der Waals surface area contributed by atoms with Crippen molar-refractivity contribution in [3.05, 3.63) is 24.3 Å². The predicted molar refractivity (Wildman–Crippen MR) is 69.7 cm³/mol. The van der Waals surface area contributed by atoms with E-state index < -0.39 is 12.0 Å². The second-order valence-electron chi connectivity index (χ2n) is 3.83. The van der Waals surface area contributed by atoms with Gasteiger partial charge in [-0.2, -0.15) is 0 Å². The predicted octanol–water partition coefficient (Wildman–Crippen LogP) is -0.930. The van der Waals surface area contributed by atoms with Gasteiger partial charge >= 0.3 is 0 Å². The summed E-state index contributed by atoms with van der Waals surface area (Å²) in [5.41, 5.74) is 5.46. The van der Waals surface area contributed by atoms with Crippen LogP contribution in [0.4, 0.5) is 5.69 Å². The molecule has 7 heteroatoms. The number of primary amides is 1. The van der Waals surface area contributed by atoms with E-state index in [0.29, 0.717) is 11.4 Å². The molecule has 0 radical (unpaired) electrons. The van der Waals surface area contributed by atoms with Gasteiger partial charge in [0.15, 0.2) is 0 Å².